The molecular formula is C15H14N4O6. The Balaban J connectivity index is 2.11. The number of nitrogens with zero attached hydrogens (tertiary/aromatic N) is 3. The summed E-state index contributed by atoms with van der Waals surface area (Å²) < 4.78 is 0. The lowest BCUT2D eigenvalue weighted by Crippen LogP contribution is -2.16. The lowest BCUT2D eigenvalue weighted by atomic mass is 9.96. The van der Waals surface area contributed by atoms with Crippen LogP contribution in [0.3, 0.4) is 0 Å². The van der Waals surface area contributed by atoms with Crippen LogP contribution in [0.4, 0.5) is 17.2 Å². The van der Waals surface area contributed by atoms with Crippen molar-refractivity contribution in [1.82, 2.24) is 4.98 Å². The van der Waals surface area contributed by atoms with E-state index in [0.717, 1.165) is 12.3 Å². The summed E-state index contributed by atoms with van der Waals surface area (Å²) in [4.78, 5) is 35.3. The summed E-state index contributed by atoms with van der Waals surface area (Å²) in [6.45, 7) is 0.0948. The second-order valence-corrected chi connectivity index (χ2v) is 5.09. The number of aromatic nitrogens is 1. The van der Waals surface area contributed by atoms with Crippen LogP contribution in [0.1, 0.15) is 17.9 Å². The first-order valence-electron chi connectivity index (χ1n) is 7.20. The van der Waals surface area contributed by atoms with E-state index < -0.39 is 33.1 Å². The number of carboxylic acids is 1. The Bertz CT molecular complexity index is 796. The lowest BCUT2D eigenvalue weighted by molar-refractivity contribution is -0.394. The highest BCUT2D eigenvalue weighted by atomic mass is 16.6. The molecule has 130 valence electrons. The number of nitrogens with one attached hydrogen (secondary N) is 1. The van der Waals surface area contributed by atoms with E-state index in [1.807, 2.05) is 0 Å². The van der Waals surface area contributed by atoms with Gasteiger partial charge in [-0.05, 0) is 12.0 Å². The summed E-state index contributed by atoms with van der Waals surface area (Å²) in [5.74, 6) is -1.95. The van der Waals surface area contributed by atoms with Gasteiger partial charge in [0.05, 0.1) is 21.8 Å². The Morgan fingerprint density at radius 2 is 1.88 bits per heavy atom. The topological polar surface area (TPSA) is 149 Å². The van der Waals surface area contributed by atoms with Crippen molar-refractivity contribution < 1.29 is 19.7 Å². The lowest BCUT2D eigenvalue weighted by Gasteiger charge is -2.13. The standard InChI is InChI=1S/C15H14N4O6/c20-15(21)12(10-4-2-1-3-5-10)6-7-16-14-13(19(24)25)8-11(9-17-14)18(22)23/h1-5,8-9,12H,6-7H2,(H,16,17)(H,20,21). The third kappa shape index (κ3) is 4.47. The monoisotopic (exact) mass is 346 g/mol. The minimum atomic E-state index is -1.01. The molecule has 0 aliphatic rings. The van der Waals surface area contributed by atoms with Crippen molar-refractivity contribution in [1.29, 1.82) is 0 Å². The number of carboxylic acid groups (broad SMARTS) is 1. The zero-order valence-electron chi connectivity index (χ0n) is 12.9. The van der Waals surface area contributed by atoms with Crippen LogP contribution in [0.15, 0.2) is 42.6 Å². The van der Waals surface area contributed by atoms with Gasteiger partial charge in [-0.3, -0.25) is 25.0 Å². The highest BCUT2D eigenvalue weighted by molar-refractivity contribution is 5.76. The van der Waals surface area contributed by atoms with Gasteiger partial charge >= 0.3 is 11.7 Å². The van der Waals surface area contributed by atoms with Gasteiger partial charge in [0, 0.05) is 6.54 Å². The van der Waals surface area contributed by atoms with Crippen LogP contribution in [-0.4, -0.2) is 32.5 Å². The van der Waals surface area contributed by atoms with Crippen LogP contribution < -0.4 is 5.32 Å². The van der Waals surface area contributed by atoms with Crippen molar-refractivity contribution in [2.24, 2.45) is 0 Å². The van der Waals surface area contributed by atoms with E-state index in [0.29, 0.717) is 5.56 Å². The van der Waals surface area contributed by atoms with Gasteiger partial charge in [-0.15, -0.1) is 0 Å². The Labute approximate surface area is 141 Å². The first-order valence-corrected chi connectivity index (χ1v) is 7.20. The maximum atomic E-state index is 11.4. The molecule has 2 aromatic rings. The maximum Gasteiger partial charge on any atom is 0.318 e. The van der Waals surface area contributed by atoms with E-state index in [-0.39, 0.29) is 18.8 Å². The smallest absolute Gasteiger partial charge is 0.318 e. The van der Waals surface area contributed by atoms with E-state index >= 15 is 0 Å². The third-order valence-corrected chi connectivity index (χ3v) is 3.49. The van der Waals surface area contributed by atoms with Gasteiger partial charge < -0.3 is 10.4 Å². The van der Waals surface area contributed by atoms with Gasteiger partial charge in [-0.25, -0.2) is 4.98 Å². The van der Waals surface area contributed by atoms with Gasteiger partial charge in [0.2, 0.25) is 5.82 Å². The molecule has 10 nitrogen and oxygen atoms in total. The molecule has 0 spiro atoms. The molecule has 1 aromatic heterocycles. The second-order valence-electron chi connectivity index (χ2n) is 5.09. The van der Waals surface area contributed by atoms with E-state index in [1.165, 1.54) is 0 Å². The molecule has 0 radical (unpaired) electrons. The summed E-state index contributed by atoms with van der Waals surface area (Å²) in [6, 6.07) is 9.39. The van der Waals surface area contributed by atoms with Crippen molar-refractivity contribution in [3.8, 4) is 0 Å². The molecule has 0 saturated heterocycles. The van der Waals surface area contributed by atoms with Crippen LogP contribution in [0.2, 0.25) is 0 Å². The summed E-state index contributed by atoms with van der Waals surface area (Å²) in [5.41, 5.74) is -0.423. The second kappa shape index (κ2) is 7.81. The van der Waals surface area contributed by atoms with E-state index in [2.05, 4.69) is 10.3 Å². The molecule has 0 aliphatic carbocycles. The number of rotatable bonds is 8. The Hall–Kier alpha value is -3.56. The van der Waals surface area contributed by atoms with Crippen LogP contribution in [0.5, 0.6) is 0 Å². The van der Waals surface area contributed by atoms with Crippen LogP contribution in [-0.2, 0) is 4.79 Å². The van der Waals surface area contributed by atoms with Crippen molar-refractivity contribution in [2.75, 3.05) is 11.9 Å². The molecular weight excluding hydrogens is 332 g/mol. The molecule has 1 aromatic carbocycles. The summed E-state index contributed by atoms with van der Waals surface area (Å²) in [7, 11) is 0. The Kier molecular flexibility index (Phi) is 5.56. The summed E-state index contributed by atoms with van der Waals surface area (Å²) in [6.07, 6.45) is 1.07. The quantitative estimate of drug-likeness (QED) is 0.547. The molecule has 2 rings (SSSR count). The molecule has 25 heavy (non-hydrogen) atoms. The average molecular weight is 346 g/mol. The van der Waals surface area contributed by atoms with Crippen LogP contribution in [0, 0.1) is 20.2 Å². The van der Waals surface area contributed by atoms with E-state index in [1.54, 1.807) is 30.3 Å². The van der Waals surface area contributed by atoms with Gasteiger partial charge in [0.25, 0.3) is 5.69 Å². The van der Waals surface area contributed by atoms with Gasteiger partial charge in [-0.1, -0.05) is 30.3 Å². The number of aliphatic carboxylic acids is 1. The minimum Gasteiger partial charge on any atom is -0.481 e. The number of nitro groups is 2. The molecule has 0 fully saturated rings. The highest BCUT2D eigenvalue weighted by Crippen LogP contribution is 2.27. The highest BCUT2D eigenvalue weighted by Gasteiger charge is 2.23. The molecule has 10 heteroatoms. The first-order chi connectivity index (χ1) is 11.9. The van der Waals surface area contributed by atoms with Crippen molar-refractivity contribution >= 4 is 23.2 Å². The zero-order valence-corrected chi connectivity index (χ0v) is 12.9. The number of hydrogen-bond donors (Lipinski definition) is 2. The van der Waals surface area contributed by atoms with Gasteiger partial charge in [0.15, 0.2) is 0 Å². The number of hydrogen-bond acceptors (Lipinski definition) is 7. The number of anilines is 1. The summed E-state index contributed by atoms with van der Waals surface area (Å²) in [5, 5.41) is 33.7. The zero-order chi connectivity index (χ0) is 18.4. The molecule has 1 unspecified atom stereocenters. The minimum absolute atomic E-state index is 0.0948. The predicted octanol–water partition coefficient (Wildman–Crippen LogP) is 2.57. The van der Waals surface area contributed by atoms with Gasteiger partial charge in [-0.2, -0.15) is 0 Å². The van der Waals surface area contributed by atoms with Crippen molar-refractivity contribution in [2.45, 2.75) is 12.3 Å². The fourth-order valence-electron chi connectivity index (χ4n) is 2.27. The number of benzene rings is 1. The Morgan fingerprint density at radius 1 is 1.20 bits per heavy atom. The normalized spacial score (nSPS) is 11.5. The molecule has 1 atom stereocenters. The van der Waals surface area contributed by atoms with Crippen LogP contribution in [0.25, 0.3) is 0 Å². The maximum absolute atomic E-state index is 11.4. The first kappa shape index (κ1) is 17.8. The fourth-order valence-corrected chi connectivity index (χ4v) is 2.27. The van der Waals surface area contributed by atoms with Crippen molar-refractivity contribution in [3.63, 3.8) is 0 Å². The SMILES string of the molecule is O=C(O)C(CCNc1ncc([N+](=O)[O-])cc1[N+](=O)[O-])c1ccccc1. The molecule has 0 bridgehead atoms. The molecule has 2 N–H and O–H groups in total. The van der Waals surface area contributed by atoms with Crippen LogP contribution >= 0.6 is 0 Å². The number of carbonyl (C=O) groups is 1. The van der Waals surface area contributed by atoms with E-state index in [4.69, 9.17) is 0 Å². The summed E-state index contributed by atoms with van der Waals surface area (Å²) >= 11 is 0. The predicted molar refractivity (Wildman–Crippen MR) is 87.5 cm³/mol. The Morgan fingerprint density at radius 3 is 2.44 bits per heavy atom. The average Bonchev–Trinajstić information content (AvgIpc) is 2.58. The molecule has 0 saturated carbocycles. The number of pyridine rings is 1. The largest absolute Gasteiger partial charge is 0.481 e. The van der Waals surface area contributed by atoms with Gasteiger partial charge in [0.1, 0.15) is 6.20 Å². The van der Waals surface area contributed by atoms with Crippen molar-refractivity contribution in [3.05, 3.63) is 68.4 Å². The molecule has 1 heterocycles. The third-order valence-electron chi connectivity index (χ3n) is 3.49. The van der Waals surface area contributed by atoms with E-state index in [9.17, 15) is 30.1 Å². The molecule has 0 amide bonds. The molecule has 0 aliphatic heterocycles. The fraction of sp³-hybridized carbons (Fsp3) is 0.200.